The lowest BCUT2D eigenvalue weighted by Crippen LogP contribution is -2.43. The van der Waals surface area contributed by atoms with Crippen LogP contribution >= 0.6 is 11.3 Å². The number of nitrogens with one attached hydrogen (secondary N) is 2. The second kappa shape index (κ2) is 7.61. The smallest absolute Gasteiger partial charge is 0.263 e. The summed E-state index contributed by atoms with van der Waals surface area (Å²) in [7, 11) is 0. The zero-order chi connectivity index (χ0) is 17.8. The first-order valence-corrected chi connectivity index (χ1v) is 9.20. The van der Waals surface area contributed by atoms with Gasteiger partial charge in [-0.2, -0.15) is 0 Å². The van der Waals surface area contributed by atoms with Crippen molar-refractivity contribution in [2.24, 2.45) is 0 Å². The molecule has 1 aromatic carbocycles. The van der Waals surface area contributed by atoms with Crippen molar-refractivity contribution < 1.29 is 9.59 Å². The van der Waals surface area contributed by atoms with E-state index in [9.17, 15) is 9.59 Å². The van der Waals surface area contributed by atoms with Crippen LogP contribution in [0.25, 0.3) is 0 Å². The van der Waals surface area contributed by atoms with E-state index in [1.165, 1.54) is 17.4 Å². The predicted octanol–water partition coefficient (Wildman–Crippen LogP) is 2.79. The van der Waals surface area contributed by atoms with E-state index in [1.54, 1.807) is 6.20 Å². The molecule has 0 saturated carbocycles. The third-order valence-electron chi connectivity index (χ3n) is 4.27. The molecule has 25 heavy (non-hydrogen) atoms. The molecule has 0 spiro atoms. The number of amides is 2. The quantitative estimate of drug-likeness (QED) is 0.783. The minimum atomic E-state index is -0.256. The SMILES string of the molecule is C=CC(=O)N[C@@H]1c2ccccc2C[C@H]1NC(=O)c1cnc(CCC)s1. The third kappa shape index (κ3) is 3.79. The van der Waals surface area contributed by atoms with E-state index in [-0.39, 0.29) is 23.9 Å². The van der Waals surface area contributed by atoms with Gasteiger partial charge in [0.25, 0.3) is 5.91 Å². The second-order valence-electron chi connectivity index (χ2n) is 6.04. The summed E-state index contributed by atoms with van der Waals surface area (Å²) < 4.78 is 0. The van der Waals surface area contributed by atoms with Gasteiger partial charge in [-0.05, 0) is 36.5 Å². The highest BCUT2D eigenvalue weighted by Crippen LogP contribution is 2.31. The van der Waals surface area contributed by atoms with Gasteiger partial charge in [0.2, 0.25) is 5.91 Å². The number of hydrogen-bond acceptors (Lipinski definition) is 4. The van der Waals surface area contributed by atoms with Crippen molar-refractivity contribution in [3.8, 4) is 0 Å². The first-order chi connectivity index (χ1) is 12.1. The summed E-state index contributed by atoms with van der Waals surface area (Å²) in [6.07, 6.45) is 5.45. The van der Waals surface area contributed by atoms with Crippen LogP contribution in [0.1, 0.15) is 45.2 Å². The van der Waals surface area contributed by atoms with E-state index in [2.05, 4.69) is 29.1 Å². The van der Waals surface area contributed by atoms with Crippen molar-refractivity contribution in [2.75, 3.05) is 0 Å². The summed E-state index contributed by atoms with van der Waals surface area (Å²) >= 11 is 1.43. The summed E-state index contributed by atoms with van der Waals surface area (Å²) in [5.74, 6) is -0.389. The van der Waals surface area contributed by atoms with E-state index in [0.717, 1.165) is 29.0 Å². The van der Waals surface area contributed by atoms with Crippen LogP contribution in [0.5, 0.6) is 0 Å². The van der Waals surface area contributed by atoms with E-state index in [0.29, 0.717) is 11.3 Å². The average Bonchev–Trinajstić information content (AvgIpc) is 3.21. The molecule has 1 aliphatic rings. The molecule has 1 aromatic heterocycles. The van der Waals surface area contributed by atoms with Crippen molar-refractivity contribution in [1.29, 1.82) is 0 Å². The van der Waals surface area contributed by atoms with Gasteiger partial charge >= 0.3 is 0 Å². The molecular formula is C19H21N3O2S. The Morgan fingerprint density at radius 3 is 2.92 bits per heavy atom. The lowest BCUT2D eigenvalue weighted by atomic mass is 10.1. The summed E-state index contributed by atoms with van der Waals surface area (Å²) in [5.41, 5.74) is 2.18. The predicted molar refractivity (Wildman–Crippen MR) is 98.6 cm³/mol. The van der Waals surface area contributed by atoms with Crippen molar-refractivity contribution in [3.05, 3.63) is 64.1 Å². The Labute approximate surface area is 151 Å². The molecule has 1 aliphatic carbocycles. The highest BCUT2D eigenvalue weighted by Gasteiger charge is 2.34. The van der Waals surface area contributed by atoms with Crippen molar-refractivity contribution in [2.45, 2.75) is 38.3 Å². The largest absolute Gasteiger partial charge is 0.346 e. The van der Waals surface area contributed by atoms with E-state index >= 15 is 0 Å². The van der Waals surface area contributed by atoms with Crippen LogP contribution < -0.4 is 10.6 Å². The molecule has 1 heterocycles. The van der Waals surface area contributed by atoms with Crippen LogP contribution in [0.15, 0.2) is 43.1 Å². The molecule has 130 valence electrons. The maximum atomic E-state index is 12.6. The molecule has 0 fully saturated rings. The van der Waals surface area contributed by atoms with Crippen LogP contribution in [0.2, 0.25) is 0 Å². The zero-order valence-corrected chi connectivity index (χ0v) is 14.9. The van der Waals surface area contributed by atoms with Crippen molar-refractivity contribution in [3.63, 3.8) is 0 Å². The van der Waals surface area contributed by atoms with Gasteiger partial charge in [-0.25, -0.2) is 4.98 Å². The molecule has 2 aromatic rings. The Kier molecular flexibility index (Phi) is 5.28. The maximum Gasteiger partial charge on any atom is 0.263 e. The van der Waals surface area contributed by atoms with E-state index in [1.807, 2.05) is 24.3 Å². The molecule has 6 heteroatoms. The van der Waals surface area contributed by atoms with Gasteiger partial charge in [0.05, 0.1) is 23.3 Å². The molecule has 0 saturated heterocycles. The number of carbonyl (C=O) groups is 2. The van der Waals surface area contributed by atoms with E-state index < -0.39 is 0 Å². The molecule has 0 radical (unpaired) electrons. The van der Waals surface area contributed by atoms with Gasteiger partial charge in [-0.1, -0.05) is 37.8 Å². The Balaban J connectivity index is 1.76. The number of aryl methyl sites for hydroxylation is 1. The highest BCUT2D eigenvalue weighted by molar-refractivity contribution is 7.13. The Morgan fingerprint density at radius 1 is 1.36 bits per heavy atom. The summed E-state index contributed by atoms with van der Waals surface area (Å²) in [6.45, 7) is 5.59. The molecule has 0 unspecified atom stereocenters. The normalized spacial score (nSPS) is 18.4. The summed E-state index contributed by atoms with van der Waals surface area (Å²) in [4.78, 5) is 29.3. The molecule has 0 aliphatic heterocycles. The van der Waals surface area contributed by atoms with Gasteiger partial charge in [0.15, 0.2) is 0 Å². The Bertz CT molecular complexity index is 799. The lowest BCUT2D eigenvalue weighted by Gasteiger charge is -2.22. The van der Waals surface area contributed by atoms with Crippen LogP contribution in [0.4, 0.5) is 0 Å². The van der Waals surface area contributed by atoms with Crippen LogP contribution in [0.3, 0.4) is 0 Å². The number of hydrogen-bond donors (Lipinski definition) is 2. The minimum Gasteiger partial charge on any atom is -0.346 e. The van der Waals surface area contributed by atoms with Gasteiger partial charge in [0, 0.05) is 0 Å². The molecule has 2 N–H and O–H groups in total. The molecule has 2 amide bonds. The van der Waals surface area contributed by atoms with Crippen molar-refractivity contribution >= 4 is 23.2 Å². The second-order valence-corrected chi connectivity index (χ2v) is 7.16. The fourth-order valence-electron chi connectivity index (χ4n) is 3.10. The standard InChI is InChI=1S/C19H21N3O2S/c1-3-7-17-20-11-15(25-17)19(24)21-14-10-12-8-5-6-9-13(12)18(14)22-16(23)4-2/h4-6,8-9,11,14,18H,2-3,7,10H2,1H3,(H,21,24)(H,22,23)/t14-,18-/m1/s1. The van der Waals surface area contributed by atoms with Gasteiger partial charge in [-0.3, -0.25) is 9.59 Å². The monoisotopic (exact) mass is 355 g/mol. The summed E-state index contributed by atoms with van der Waals surface area (Å²) in [5, 5.41) is 6.96. The van der Waals surface area contributed by atoms with E-state index in [4.69, 9.17) is 0 Å². The number of fused-ring (bicyclic) bond motifs is 1. The molecular weight excluding hydrogens is 334 g/mol. The fraction of sp³-hybridized carbons (Fsp3) is 0.316. The zero-order valence-electron chi connectivity index (χ0n) is 14.1. The number of nitrogens with zero attached hydrogens (tertiary/aromatic N) is 1. The number of carbonyl (C=O) groups excluding carboxylic acids is 2. The van der Waals surface area contributed by atoms with Gasteiger partial charge in [-0.15, -0.1) is 11.3 Å². The first-order valence-electron chi connectivity index (χ1n) is 8.38. The van der Waals surface area contributed by atoms with Gasteiger partial charge < -0.3 is 10.6 Å². The Morgan fingerprint density at radius 2 is 2.16 bits per heavy atom. The first kappa shape index (κ1) is 17.4. The van der Waals surface area contributed by atoms with Crippen LogP contribution in [-0.4, -0.2) is 22.8 Å². The van der Waals surface area contributed by atoms with Crippen molar-refractivity contribution in [1.82, 2.24) is 15.6 Å². The Hall–Kier alpha value is -2.47. The lowest BCUT2D eigenvalue weighted by molar-refractivity contribution is -0.117. The number of benzene rings is 1. The van der Waals surface area contributed by atoms with Crippen LogP contribution in [0, 0.1) is 0 Å². The average molecular weight is 355 g/mol. The van der Waals surface area contributed by atoms with Crippen LogP contribution in [-0.2, 0) is 17.6 Å². The fourth-order valence-corrected chi connectivity index (χ4v) is 4.03. The highest BCUT2D eigenvalue weighted by atomic mass is 32.1. The topological polar surface area (TPSA) is 71.1 Å². The molecule has 5 nitrogen and oxygen atoms in total. The number of rotatable bonds is 6. The summed E-state index contributed by atoms with van der Waals surface area (Å²) in [6, 6.07) is 7.48. The number of aromatic nitrogens is 1. The third-order valence-corrected chi connectivity index (χ3v) is 5.33. The number of thiazole rings is 1. The van der Waals surface area contributed by atoms with Gasteiger partial charge in [0.1, 0.15) is 4.88 Å². The molecule has 3 rings (SSSR count). The minimum absolute atomic E-state index is 0.143. The molecule has 0 bridgehead atoms. The maximum absolute atomic E-state index is 12.6. The molecule has 2 atom stereocenters.